The molecule has 0 aliphatic rings. The van der Waals surface area contributed by atoms with Crippen molar-refractivity contribution in [2.75, 3.05) is 18.4 Å². The molecule has 0 fully saturated rings. The number of halogens is 3. The van der Waals surface area contributed by atoms with Crippen molar-refractivity contribution in [3.8, 4) is 0 Å². The van der Waals surface area contributed by atoms with Crippen molar-refractivity contribution in [1.82, 2.24) is 24.7 Å². The van der Waals surface area contributed by atoms with Gasteiger partial charge >= 0.3 is 6.18 Å². The molecule has 8 nitrogen and oxygen atoms in total. The number of carbonyl (C=O) groups excluding carboxylic acids is 1. The fourth-order valence-corrected chi connectivity index (χ4v) is 3.95. The number of alkyl halides is 3. The van der Waals surface area contributed by atoms with E-state index in [0.717, 1.165) is 17.5 Å². The first-order valence-electron chi connectivity index (χ1n) is 11.0. The van der Waals surface area contributed by atoms with Gasteiger partial charge in [-0.2, -0.15) is 13.2 Å². The van der Waals surface area contributed by atoms with Crippen LogP contribution >= 0.6 is 0 Å². The van der Waals surface area contributed by atoms with Gasteiger partial charge in [0, 0.05) is 18.8 Å². The number of benzene rings is 1. The Bertz CT molecular complexity index is 1290. The summed E-state index contributed by atoms with van der Waals surface area (Å²) in [4.78, 5) is 23.8. The van der Waals surface area contributed by atoms with Crippen LogP contribution in [-0.2, 0) is 6.18 Å². The van der Waals surface area contributed by atoms with E-state index in [2.05, 4.69) is 25.6 Å². The minimum absolute atomic E-state index is 0.0818. The van der Waals surface area contributed by atoms with Gasteiger partial charge in [-0.05, 0) is 57.0 Å². The summed E-state index contributed by atoms with van der Waals surface area (Å²) in [6, 6.07) is 10.2. The first-order chi connectivity index (χ1) is 16.3. The number of aryl methyl sites for hydroxylation is 1. The Kier molecular flexibility index (Phi) is 6.73. The van der Waals surface area contributed by atoms with Crippen LogP contribution in [0.1, 0.15) is 41.1 Å². The number of rotatable bonds is 9. The molecule has 0 aliphatic heterocycles. The first-order valence-corrected chi connectivity index (χ1v) is 11.0. The SMILES string of the molecule is Cc1nc2c(C(=O)NCCCC(CCN)Nc3cccc4nc(C(F)(F)F)cn34)cccc2[nH]1. The van der Waals surface area contributed by atoms with E-state index < -0.39 is 11.9 Å². The lowest BCUT2D eigenvalue weighted by molar-refractivity contribution is -0.140. The topological polar surface area (TPSA) is 113 Å². The summed E-state index contributed by atoms with van der Waals surface area (Å²) in [5.74, 6) is 1.04. The molecule has 1 amide bonds. The van der Waals surface area contributed by atoms with Gasteiger partial charge in [0.05, 0.1) is 11.1 Å². The van der Waals surface area contributed by atoms with Crippen LogP contribution in [0, 0.1) is 6.92 Å². The Hall–Kier alpha value is -3.60. The number of carbonyl (C=O) groups is 1. The summed E-state index contributed by atoms with van der Waals surface area (Å²) >= 11 is 0. The Morgan fingerprint density at radius 2 is 1.97 bits per heavy atom. The molecular formula is C23H26F3N7O. The average molecular weight is 474 g/mol. The summed E-state index contributed by atoms with van der Waals surface area (Å²) in [5.41, 5.74) is 6.96. The Labute approximate surface area is 193 Å². The number of imidazole rings is 2. The lowest BCUT2D eigenvalue weighted by Gasteiger charge is -2.20. The third kappa shape index (κ3) is 5.14. The molecule has 1 unspecified atom stereocenters. The maximum atomic E-state index is 13.1. The molecule has 0 spiro atoms. The molecule has 34 heavy (non-hydrogen) atoms. The molecule has 1 atom stereocenters. The van der Waals surface area contributed by atoms with Crippen molar-refractivity contribution in [1.29, 1.82) is 0 Å². The predicted octanol–water partition coefficient (Wildman–Crippen LogP) is 3.88. The van der Waals surface area contributed by atoms with Crippen LogP contribution in [0.4, 0.5) is 19.0 Å². The van der Waals surface area contributed by atoms with Crippen LogP contribution in [-0.4, -0.2) is 44.4 Å². The molecular weight excluding hydrogens is 447 g/mol. The Balaban J connectivity index is 1.37. The smallest absolute Gasteiger partial charge is 0.368 e. The molecule has 0 saturated carbocycles. The van der Waals surface area contributed by atoms with Crippen molar-refractivity contribution < 1.29 is 18.0 Å². The Morgan fingerprint density at radius 3 is 2.74 bits per heavy atom. The normalized spacial score (nSPS) is 12.9. The number of amides is 1. The molecule has 0 saturated heterocycles. The third-order valence-electron chi connectivity index (χ3n) is 5.54. The summed E-state index contributed by atoms with van der Waals surface area (Å²) in [6.45, 7) is 2.69. The van der Waals surface area contributed by atoms with Gasteiger partial charge in [-0.15, -0.1) is 0 Å². The van der Waals surface area contributed by atoms with E-state index in [1.165, 1.54) is 10.5 Å². The van der Waals surface area contributed by atoms with Gasteiger partial charge in [-0.25, -0.2) is 9.97 Å². The number of pyridine rings is 1. The van der Waals surface area contributed by atoms with Crippen LogP contribution in [0.15, 0.2) is 42.6 Å². The average Bonchev–Trinajstić information content (AvgIpc) is 3.39. The first kappa shape index (κ1) is 23.6. The second-order valence-corrected chi connectivity index (χ2v) is 8.10. The Morgan fingerprint density at radius 1 is 1.18 bits per heavy atom. The van der Waals surface area contributed by atoms with Crippen LogP contribution < -0.4 is 16.4 Å². The number of hydrogen-bond acceptors (Lipinski definition) is 5. The standard InChI is InChI=1S/C23H26F3N7O/c1-14-29-17-7-2-6-16(21(17)30-14)22(34)28-12-4-5-15(10-11-27)31-19-8-3-9-20-32-18(13-33(19)20)23(24,25)26/h2-3,6-9,13,15,31H,4-5,10-12,27H2,1H3,(H,28,34)(H,29,30). The van der Waals surface area contributed by atoms with Crippen molar-refractivity contribution in [3.63, 3.8) is 0 Å². The van der Waals surface area contributed by atoms with Crippen molar-refractivity contribution in [2.45, 2.75) is 38.4 Å². The number of anilines is 1. The molecule has 0 radical (unpaired) electrons. The highest BCUT2D eigenvalue weighted by Gasteiger charge is 2.34. The largest absolute Gasteiger partial charge is 0.434 e. The maximum Gasteiger partial charge on any atom is 0.434 e. The number of H-pyrrole nitrogens is 1. The van der Waals surface area contributed by atoms with Crippen LogP contribution in [0.3, 0.4) is 0 Å². The van der Waals surface area contributed by atoms with E-state index >= 15 is 0 Å². The molecule has 4 rings (SSSR count). The summed E-state index contributed by atoms with van der Waals surface area (Å²) in [5, 5.41) is 6.20. The van der Waals surface area contributed by atoms with Crippen molar-refractivity contribution >= 4 is 28.4 Å². The number of aromatic nitrogens is 4. The predicted molar refractivity (Wildman–Crippen MR) is 124 cm³/mol. The van der Waals surface area contributed by atoms with Gasteiger partial charge in [0.1, 0.15) is 22.8 Å². The summed E-state index contributed by atoms with van der Waals surface area (Å²) in [6.07, 6.45) is -1.59. The number of nitrogens with one attached hydrogen (secondary N) is 3. The number of para-hydroxylation sites is 1. The molecule has 11 heteroatoms. The lowest BCUT2D eigenvalue weighted by Crippen LogP contribution is -2.28. The highest BCUT2D eigenvalue weighted by atomic mass is 19.4. The number of fused-ring (bicyclic) bond motifs is 2. The summed E-state index contributed by atoms with van der Waals surface area (Å²) < 4.78 is 40.6. The second kappa shape index (κ2) is 9.72. The van der Waals surface area contributed by atoms with Gasteiger partial charge in [-0.3, -0.25) is 9.20 Å². The van der Waals surface area contributed by atoms with Crippen LogP contribution in [0.5, 0.6) is 0 Å². The zero-order valence-electron chi connectivity index (χ0n) is 18.6. The van der Waals surface area contributed by atoms with E-state index in [9.17, 15) is 18.0 Å². The number of nitrogens with zero attached hydrogens (tertiary/aromatic N) is 3. The van der Waals surface area contributed by atoms with Gasteiger partial charge in [0.25, 0.3) is 5.91 Å². The monoisotopic (exact) mass is 473 g/mol. The second-order valence-electron chi connectivity index (χ2n) is 8.10. The molecule has 0 bridgehead atoms. The van der Waals surface area contributed by atoms with Crippen LogP contribution in [0.2, 0.25) is 0 Å². The van der Waals surface area contributed by atoms with Crippen LogP contribution in [0.25, 0.3) is 16.7 Å². The third-order valence-corrected chi connectivity index (χ3v) is 5.54. The van der Waals surface area contributed by atoms with Gasteiger partial charge in [0.2, 0.25) is 0 Å². The zero-order chi connectivity index (χ0) is 24.3. The molecule has 5 N–H and O–H groups in total. The minimum Gasteiger partial charge on any atom is -0.368 e. The fourth-order valence-electron chi connectivity index (χ4n) is 3.95. The molecule has 0 aliphatic carbocycles. The number of hydrogen-bond donors (Lipinski definition) is 4. The number of nitrogens with two attached hydrogens (primary N) is 1. The molecule has 3 heterocycles. The van der Waals surface area contributed by atoms with Gasteiger partial charge in [-0.1, -0.05) is 12.1 Å². The van der Waals surface area contributed by atoms with Crippen molar-refractivity contribution in [2.24, 2.45) is 5.73 Å². The minimum atomic E-state index is -4.52. The lowest BCUT2D eigenvalue weighted by atomic mass is 10.1. The van der Waals surface area contributed by atoms with Crippen molar-refractivity contribution in [3.05, 3.63) is 59.7 Å². The summed E-state index contributed by atoms with van der Waals surface area (Å²) in [7, 11) is 0. The molecule has 180 valence electrons. The highest BCUT2D eigenvalue weighted by molar-refractivity contribution is 6.04. The maximum absolute atomic E-state index is 13.1. The fraction of sp³-hybridized carbons (Fsp3) is 0.348. The van der Waals surface area contributed by atoms with Gasteiger partial charge in [0.15, 0.2) is 5.69 Å². The molecule has 3 aromatic heterocycles. The zero-order valence-corrected chi connectivity index (χ0v) is 18.6. The number of aromatic amines is 1. The van der Waals surface area contributed by atoms with E-state index in [1.54, 1.807) is 24.3 Å². The molecule has 4 aromatic rings. The highest BCUT2D eigenvalue weighted by Crippen LogP contribution is 2.29. The molecule has 1 aromatic carbocycles. The van der Waals surface area contributed by atoms with E-state index in [1.807, 2.05) is 13.0 Å². The van der Waals surface area contributed by atoms with E-state index in [0.29, 0.717) is 49.2 Å². The van der Waals surface area contributed by atoms with E-state index in [-0.39, 0.29) is 17.6 Å². The van der Waals surface area contributed by atoms with Gasteiger partial charge < -0.3 is 21.4 Å². The van der Waals surface area contributed by atoms with E-state index in [4.69, 9.17) is 5.73 Å². The quantitative estimate of drug-likeness (QED) is 0.276.